The zero-order valence-corrected chi connectivity index (χ0v) is 36.3. The molecule has 0 aromatic heterocycles. The molecular formula is C60H38N2S2. The lowest BCUT2D eigenvalue weighted by molar-refractivity contribution is 1.17. The van der Waals surface area contributed by atoms with Crippen molar-refractivity contribution in [3.8, 4) is 33.4 Å². The third-order valence-corrected chi connectivity index (χ3v) is 15.0. The highest BCUT2D eigenvalue weighted by Gasteiger charge is 2.28. The second-order valence-corrected chi connectivity index (χ2v) is 18.6. The van der Waals surface area contributed by atoms with Crippen molar-refractivity contribution in [1.29, 1.82) is 0 Å². The van der Waals surface area contributed by atoms with Crippen LogP contribution in [0.1, 0.15) is 0 Å². The summed E-state index contributed by atoms with van der Waals surface area (Å²) in [4.78, 5) is 9.91. The normalized spacial score (nSPS) is 12.8. The average molecular weight is 851 g/mol. The minimum atomic E-state index is 1.13. The smallest absolute Gasteiger partial charge is 0.0601 e. The van der Waals surface area contributed by atoms with Gasteiger partial charge in [0.2, 0.25) is 0 Å². The first-order chi connectivity index (χ1) is 31.7. The van der Waals surface area contributed by atoms with Gasteiger partial charge in [0.1, 0.15) is 0 Å². The molecule has 0 spiro atoms. The molecular weight excluding hydrogens is 813 g/mol. The first-order valence-electron chi connectivity index (χ1n) is 21.7. The molecule has 0 bridgehead atoms. The van der Waals surface area contributed by atoms with Crippen LogP contribution in [0.5, 0.6) is 0 Å². The second kappa shape index (κ2) is 15.1. The van der Waals surface area contributed by atoms with E-state index in [0.29, 0.717) is 0 Å². The molecule has 11 aromatic carbocycles. The maximum atomic E-state index is 2.45. The van der Waals surface area contributed by atoms with E-state index in [2.05, 4.69) is 240 Å². The van der Waals surface area contributed by atoms with Crippen molar-refractivity contribution in [2.75, 3.05) is 9.80 Å². The SMILES string of the molecule is c1ccc(-c2c3ccc(N4c5ccccc5Sc5ccccc54)cc3c(-c3cccc(-c4cccc5ccccc45)c3)c3ccc(N4c5ccccc5Sc5ccccc54)cc23)cc1. The Morgan fingerprint density at radius 3 is 1.25 bits per heavy atom. The molecule has 2 nitrogen and oxygen atoms in total. The molecule has 0 atom stereocenters. The molecule has 0 N–H and O–H groups in total. The van der Waals surface area contributed by atoms with Crippen molar-refractivity contribution in [3.63, 3.8) is 0 Å². The van der Waals surface area contributed by atoms with E-state index >= 15 is 0 Å². The van der Waals surface area contributed by atoms with Gasteiger partial charge in [-0.15, -0.1) is 0 Å². The predicted octanol–water partition coefficient (Wildman–Crippen LogP) is 18.0. The molecule has 0 aliphatic carbocycles. The van der Waals surface area contributed by atoms with Gasteiger partial charge in [-0.25, -0.2) is 0 Å². The van der Waals surface area contributed by atoms with Crippen molar-refractivity contribution >= 4 is 90.0 Å². The highest BCUT2D eigenvalue weighted by Crippen LogP contribution is 2.55. The third kappa shape index (κ3) is 5.98. The second-order valence-electron chi connectivity index (χ2n) is 16.4. The van der Waals surface area contributed by atoms with Crippen LogP contribution < -0.4 is 9.80 Å². The summed E-state index contributed by atoms with van der Waals surface area (Å²) in [6.07, 6.45) is 0. The van der Waals surface area contributed by atoms with E-state index in [0.717, 1.165) is 11.4 Å². The molecule has 300 valence electrons. The quantitative estimate of drug-likeness (QED) is 0.159. The molecule has 4 heteroatoms. The molecule has 2 aliphatic heterocycles. The van der Waals surface area contributed by atoms with E-state index in [1.807, 2.05) is 23.5 Å². The summed E-state index contributed by atoms with van der Waals surface area (Å²) in [6.45, 7) is 0. The van der Waals surface area contributed by atoms with E-state index in [1.165, 1.54) is 108 Å². The minimum absolute atomic E-state index is 1.13. The van der Waals surface area contributed by atoms with Crippen molar-refractivity contribution in [2.24, 2.45) is 0 Å². The molecule has 11 aromatic rings. The van der Waals surface area contributed by atoms with Crippen LogP contribution in [-0.2, 0) is 0 Å². The Labute approximate surface area is 381 Å². The topological polar surface area (TPSA) is 6.48 Å². The summed E-state index contributed by atoms with van der Waals surface area (Å²) in [6, 6.07) is 85.1. The Balaban J connectivity index is 1.13. The summed E-state index contributed by atoms with van der Waals surface area (Å²) in [5, 5.41) is 7.35. The van der Waals surface area contributed by atoms with Gasteiger partial charge in [0, 0.05) is 31.0 Å². The molecule has 64 heavy (non-hydrogen) atoms. The van der Waals surface area contributed by atoms with E-state index in [4.69, 9.17) is 0 Å². The van der Waals surface area contributed by atoms with Crippen LogP contribution in [0, 0.1) is 0 Å². The van der Waals surface area contributed by atoms with Crippen molar-refractivity contribution in [2.45, 2.75) is 19.6 Å². The zero-order chi connectivity index (χ0) is 42.1. The Kier molecular flexibility index (Phi) is 8.75. The number of rotatable bonds is 5. The molecule has 2 aliphatic rings. The summed E-state index contributed by atoms with van der Waals surface area (Å²) < 4.78 is 0. The van der Waals surface area contributed by atoms with Gasteiger partial charge in [0.15, 0.2) is 0 Å². The van der Waals surface area contributed by atoms with Crippen LogP contribution in [0.25, 0.3) is 65.7 Å². The molecule has 0 saturated heterocycles. The molecule has 0 amide bonds. The first kappa shape index (κ1) is 37.1. The predicted molar refractivity (Wildman–Crippen MR) is 273 cm³/mol. The number of fused-ring (bicyclic) bond motifs is 7. The Bertz CT molecular complexity index is 3560. The van der Waals surface area contributed by atoms with Gasteiger partial charge in [-0.1, -0.05) is 175 Å². The van der Waals surface area contributed by atoms with E-state index in [9.17, 15) is 0 Å². The molecule has 13 rings (SSSR count). The molecule has 0 unspecified atom stereocenters. The number of benzene rings is 11. The van der Waals surface area contributed by atoms with Gasteiger partial charge < -0.3 is 9.80 Å². The molecule has 0 radical (unpaired) electrons. The average Bonchev–Trinajstić information content (AvgIpc) is 3.36. The number of para-hydroxylation sites is 4. The van der Waals surface area contributed by atoms with Gasteiger partial charge >= 0.3 is 0 Å². The fourth-order valence-electron chi connectivity index (χ4n) is 9.99. The third-order valence-electron chi connectivity index (χ3n) is 12.8. The standard InChI is InChI=1S/C60H38N2S2/c1-2-17-40(18-3-1)59-47-34-32-44(62-53-26-8-12-30-57(53)64-58-31-13-9-27-54(58)62)38-50(47)60(42-21-14-20-41(36-42)46-23-15-19-39-16-4-5-22-45(39)46)48-35-33-43(37-49(48)59)61-51-24-6-10-28-55(51)63-56-29-11-7-25-52(56)61/h1-38H. The zero-order valence-electron chi connectivity index (χ0n) is 34.7. The Morgan fingerprint density at radius 2 is 0.688 bits per heavy atom. The van der Waals surface area contributed by atoms with Gasteiger partial charge in [-0.05, 0) is 145 Å². The molecule has 2 heterocycles. The van der Waals surface area contributed by atoms with E-state index < -0.39 is 0 Å². The summed E-state index contributed by atoms with van der Waals surface area (Å²) in [5.74, 6) is 0. The number of nitrogens with zero attached hydrogens (tertiary/aromatic N) is 2. The van der Waals surface area contributed by atoms with E-state index in [1.54, 1.807) is 0 Å². The maximum absolute atomic E-state index is 2.45. The van der Waals surface area contributed by atoms with Gasteiger partial charge in [-0.3, -0.25) is 0 Å². The number of hydrogen-bond acceptors (Lipinski definition) is 4. The van der Waals surface area contributed by atoms with Crippen LogP contribution in [0.15, 0.2) is 250 Å². The summed E-state index contributed by atoms with van der Waals surface area (Å²) in [5.41, 5.74) is 14.3. The fourth-order valence-corrected chi connectivity index (χ4v) is 12.1. The molecule has 0 fully saturated rings. The highest BCUT2D eigenvalue weighted by atomic mass is 32.2. The summed E-state index contributed by atoms with van der Waals surface area (Å²) >= 11 is 3.69. The van der Waals surface area contributed by atoms with Crippen LogP contribution >= 0.6 is 23.5 Å². The van der Waals surface area contributed by atoms with Crippen LogP contribution in [0.2, 0.25) is 0 Å². The largest absolute Gasteiger partial charge is 0.308 e. The fraction of sp³-hybridized carbons (Fsp3) is 0. The van der Waals surface area contributed by atoms with Gasteiger partial charge in [0.25, 0.3) is 0 Å². The Hall–Kier alpha value is -7.50. The summed E-state index contributed by atoms with van der Waals surface area (Å²) in [7, 11) is 0. The lowest BCUT2D eigenvalue weighted by Crippen LogP contribution is -2.15. The van der Waals surface area contributed by atoms with Crippen LogP contribution in [-0.4, -0.2) is 0 Å². The molecule has 0 saturated carbocycles. The van der Waals surface area contributed by atoms with Crippen molar-refractivity contribution < 1.29 is 0 Å². The monoisotopic (exact) mass is 850 g/mol. The maximum Gasteiger partial charge on any atom is 0.0601 e. The van der Waals surface area contributed by atoms with E-state index in [-0.39, 0.29) is 0 Å². The Morgan fingerprint density at radius 1 is 0.266 bits per heavy atom. The van der Waals surface area contributed by atoms with Crippen molar-refractivity contribution in [1.82, 2.24) is 0 Å². The number of anilines is 6. The first-order valence-corrected chi connectivity index (χ1v) is 23.4. The van der Waals surface area contributed by atoms with Gasteiger partial charge in [-0.2, -0.15) is 0 Å². The number of hydrogen-bond donors (Lipinski definition) is 0. The lowest BCUT2D eigenvalue weighted by Gasteiger charge is -2.34. The van der Waals surface area contributed by atoms with Crippen LogP contribution in [0.4, 0.5) is 34.1 Å². The minimum Gasteiger partial charge on any atom is -0.308 e. The van der Waals surface area contributed by atoms with Crippen LogP contribution in [0.3, 0.4) is 0 Å². The lowest BCUT2D eigenvalue weighted by atomic mass is 9.84. The van der Waals surface area contributed by atoms with Gasteiger partial charge in [0.05, 0.1) is 22.7 Å². The van der Waals surface area contributed by atoms with Crippen molar-refractivity contribution in [3.05, 3.63) is 231 Å². The highest BCUT2D eigenvalue weighted by molar-refractivity contribution is 8.00.